The molecule has 0 spiro atoms. The molecule has 108 valence electrons. The number of nitrogens with two attached hydrogens (primary N) is 1. The third-order valence-electron chi connectivity index (χ3n) is 4.70. The van der Waals surface area contributed by atoms with Crippen molar-refractivity contribution in [2.75, 3.05) is 13.1 Å². The van der Waals surface area contributed by atoms with E-state index in [4.69, 9.17) is 17.3 Å². The minimum atomic E-state index is -0.115. The number of hydrogen-bond acceptors (Lipinski definition) is 3. The van der Waals surface area contributed by atoms with Crippen molar-refractivity contribution in [3.05, 3.63) is 16.9 Å². The van der Waals surface area contributed by atoms with Crippen LogP contribution in [0.1, 0.15) is 51.3 Å². The topological polar surface area (TPSA) is 47.1 Å². The quantitative estimate of drug-likeness (QED) is 0.925. The van der Waals surface area contributed by atoms with Crippen LogP contribution in [-0.2, 0) is 7.05 Å². The number of piperidine rings is 1. The lowest BCUT2D eigenvalue weighted by atomic mass is 9.84. The Morgan fingerprint density at radius 2 is 2.05 bits per heavy atom. The standard InChI is InChI=1S/C14H25ClN4/c1-4-14(2,19-8-6-5-7-9-19)13(16)12-11(15)10-17-18(12)3/h10,13H,4-9,16H2,1-3H3. The van der Waals surface area contributed by atoms with Crippen LogP contribution in [0.5, 0.6) is 0 Å². The number of hydrogen-bond donors (Lipinski definition) is 1. The van der Waals surface area contributed by atoms with Crippen LogP contribution >= 0.6 is 11.6 Å². The maximum Gasteiger partial charge on any atom is 0.0834 e. The summed E-state index contributed by atoms with van der Waals surface area (Å²) in [7, 11) is 1.91. The fourth-order valence-corrected chi connectivity index (χ4v) is 3.39. The Morgan fingerprint density at radius 1 is 1.42 bits per heavy atom. The molecule has 0 radical (unpaired) electrons. The van der Waals surface area contributed by atoms with Crippen molar-refractivity contribution in [1.82, 2.24) is 14.7 Å². The van der Waals surface area contributed by atoms with E-state index in [1.54, 1.807) is 6.20 Å². The monoisotopic (exact) mass is 284 g/mol. The van der Waals surface area contributed by atoms with Crippen molar-refractivity contribution in [1.29, 1.82) is 0 Å². The molecule has 4 nitrogen and oxygen atoms in total. The minimum Gasteiger partial charge on any atom is -0.321 e. The highest BCUT2D eigenvalue weighted by Crippen LogP contribution is 2.36. The number of likely N-dealkylation sites (tertiary alicyclic amines) is 1. The zero-order valence-electron chi connectivity index (χ0n) is 12.2. The van der Waals surface area contributed by atoms with Crippen molar-refractivity contribution in [2.45, 2.75) is 51.1 Å². The Labute approximate surface area is 120 Å². The molecule has 2 heterocycles. The van der Waals surface area contributed by atoms with Crippen LogP contribution in [-0.4, -0.2) is 33.3 Å². The summed E-state index contributed by atoms with van der Waals surface area (Å²) in [6, 6.07) is -0.115. The highest BCUT2D eigenvalue weighted by molar-refractivity contribution is 6.31. The molecule has 2 atom stereocenters. The Bertz CT molecular complexity index is 406. The van der Waals surface area contributed by atoms with Crippen LogP contribution in [0.4, 0.5) is 0 Å². The number of aryl methyl sites for hydroxylation is 1. The van der Waals surface area contributed by atoms with E-state index in [-0.39, 0.29) is 11.6 Å². The first kappa shape index (κ1) is 14.8. The highest BCUT2D eigenvalue weighted by atomic mass is 35.5. The van der Waals surface area contributed by atoms with Crippen LogP contribution < -0.4 is 5.73 Å². The summed E-state index contributed by atoms with van der Waals surface area (Å²) in [5, 5.41) is 4.89. The first-order valence-electron chi connectivity index (χ1n) is 7.18. The lowest BCUT2D eigenvalue weighted by molar-refractivity contribution is 0.0521. The summed E-state index contributed by atoms with van der Waals surface area (Å²) in [6.07, 6.45) is 6.56. The largest absolute Gasteiger partial charge is 0.321 e. The second-order valence-electron chi connectivity index (χ2n) is 5.74. The van der Waals surface area contributed by atoms with Gasteiger partial charge in [0.15, 0.2) is 0 Å². The van der Waals surface area contributed by atoms with Gasteiger partial charge in [0.05, 0.1) is 23.0 Å². The van der Waals surface area contributed by atoms with E-state index in [0.717, 1.165) is 25.2 Å². The lowest BCUT2D eigenvalue weighted by Crippen LogP contribution is -2.55. The van der Waals surface area contributed by atoms with Gasteiger partial charge in [0, 0.05) is 12.6 Å². The van der Waals surface area contributed by atoms with Crippen LogP contribution in [0, 0.1) is 0 Å². The molecule has 2 unspecified atom stereocenters. The number of aromatic nitrogens is 2. The SMILES string of the molecule is CCC(C)(C(N)c1c(Cl)cnn1C)N1CCCCC1. The molecule has 1 saturated heterocycles. The zero-order valence-corrected chi connectivity index (χ0v) is 13.0. The van der Waals surface area contributed by atoms with E-state index < -0.39 is 0 Å². The molecule has 0 bridgehead atoms. The van der Waals surface area contributed by atoms with E-state index in [2.05, 4.69) is 23.8 Å². The first-order valence-corrected chi connectivity index (χ1v) is 7.56. The van der Waals surface area contributed by atoms with Gasteiger partial charge in [-0.2, -0.15) is 5.10 Å². The molecule has 0 amide bonds. The third-order valence-corrected chi connectivity index (χ3v) is 4.99. The smallest absolute Gasteiger partial charge is 0.0834 e. The molecule has 1 fully saturated rings. The van der Waals surface area contributed by atoms with Gasteiger partial charge in [-0.15, -0.1) is 0 Å². The van der Waals surface area contributed by atoms with Gasteiger partial charge < -0.3 is 5.73 Å². The Balaban J connectivity index is 2.29. The molecule has 2 rings (SSSR count). The molecule has 1 aliphatic heterocycles. The van der Waals surface area contributed by atoms with Crippen molar-refractivity contribution >= 4 is 11.6 Å². The molecule has 2 N–H and O–H groups in total. The van der Waals surface area contributed by atoms with Crippen LogP contribution in [0.25, 0.3) is 0 Å². The second kappa shape index (κ2) is 5.81. The Kier molecular flexibility index (Phi) is 4.54. The normalized spacial score (nSPS) is 22.2. The van der Waals surface area contributed by atoms with Crippen molar-refractivity contribution in [3.63, 3.8) is 0 Å². The van der Waals surface area contributed by atoms with E-state index in [9.17, 15) is 0 Å². The van der Waals surface area contributed by atoms with Gasteiger partial charge >= 0.3 is 0 Å². The second-order valence-corrected chi connectivity index (χ2v) is 6.14. The lowest BCUT2D eigenvalue weighted by Gasteiger charge is -2.46. The van der Waals surface area contributed by atoms with E-state index in [1.165, 1.54) is 19.3 Å². The fourth-order valence-electron chi connectivity index (χ4n) is 3.11. The van der Waals surface area contributed by atoms with Crippen molar-refractivity contribution in [2.24, 2.45) is 12.8 Å². The van der Waals surface area contributed by atoms with Crippen LogP contribution in [0.3, 0.4) is 0 Å². The van der Waals surface area contributed by atoms with Gasteiger partial charge in [0.25, 0.3) is 0 Å². The van der Waals surface area contributed by atoms with E-state index in [1.807, 2.05) is 11.7 Å². The molecule has 1 aromatic rings. The fraction of sp³-hybridized carbons (Fsp3) is 0.786. The molecule has 0 aromatic carbocycles. The van der Waals surface area contributed by atoms with Gasteiger partial charge in [-0.05, 0) is 39.3 Å². The molecular weight excluding hydrogens is 260 g/mol. The molecule has 1 aromatic heterocycles. The van der Waals surface area contributed by atoms with Crippen molar-refractivity contribution in [3.8, 4) is 0 Å². The van der Waals surface area contributed by atoms with Gasteiger partial charge in [0.2, 0.25) is 0 Å². The summed E-state index contributed by atoms with van der Waals surface area (Å²) in [6.45, 7) is 6.73. The number of rotatable bonds is 4. The van der Waals surface area contributed by atoms with Gasteiger partial charge in [-0.25, -0.2) is 0 Å². The third kappa shape index (κ3) is 2.67. The molecular formula is C14H25ClN4. The van der Waals surface area contributed by atoms with Crippen molar-refractivity contribution < 1.29 is 0 Å². The van der Waals surface area contributed by atoms with Gasteiger partial charge in [0.1, 0.15) is 0 Å². The molecule has 0 aliphatic carbocycles. The Hall–Kier alpha value is -0.580. The van der Waals surface area contributed by atoms with E-state index in [0.29, 0.717) is 5.02 Å². The predicted octanol–water partition coefficient (Wildman–Crippen LogP) is 2.73. The molecule has 1 aliphatic rings. The summed E-state index contributed by atoms with van der Waals surface area (Å²) < 4.78 is 1.81. The first-order chi connectivity index (χ1) is 9.00. The van der Waals surface area contributed by atoms with Crippen LogP contribution in [0.15, 0.2) is 6.20 Å². The van der Waals surface area contributed by atoms with Gasteiger partial charge in [-0.1, -0.05) is 24.9 Å². The predicted molar refractivity (Wildman–Crippen MR) is 79.3 cm³/mol. The maximum atomic E-state index is 6.57. The molecule has 19 heavy (non-hydrogen) atoms. The summed E-state index contributed by atoms with van der Waals surface area (Å²) in [5.74, 6) is 0. The molecule has 5 heteroatoms. The van der Waals surface area contributed by atoms with Crippen LogP contribution in [0.2, 0.25) is 5.02 Å². The van der Waals surface area contributed by atoms with Gasteiger partial charge in [-0.3, -0.25) is 9.58 Å². The summed E-state index contributed by atoms with van der Waals surface area (Å²) in [5.41, 5.74) is 7.46. The average molecular weight is 285 g/mol. The summed E-state index contributed by atoms with van der Waals surface area (Å²) in [4.78, 5) is 2.53. The molecule has 0 saturated carbocycles. The highest BCUT2D eigenvalue weighted by Gasteiger charge is 2.39. The maximum absolute atomic E-state index is 6.57. The minimum absolute atomic E-state index is 0.0577. The van der Waals surface area contributed by atoms with E-state index >= 15 is 0 Å². The Morgan fingerprint density at radius 3 is 2.53 bits per heavy atom. The average Bonchev–Trinajstić information content (AvgIpc) is 2.77. The number of halogens is 1. The number of nitrogens with zero attached hydrogens (tertiary/aromatic N) is 3. The zero-order chi connectivity index (χ0) is 14.0. The summed E-state index contributed by atoms with van der Waals surface area (Å²) >= 11 is 6.26.